The Bertz CT molecular complexity index is 2000. The molecule has 0 aromatic heterocycles. The molecule has 0 bridgehead atoms. The fourth-order valence-electron chi connectivity index (χ4n) is 6.81. The summed E-state index contributed by atoms with van der Waals surface area (Å²) in [7, 11) is 2.85. The third kappa shape index (κ3) is 6.70. The lowest BCUT2D eigenvalue weighted by Crippen LogP contribution is -2.31. The van der Waals surface area contributed by atoms with Crippen LogP contribution < -0.4 is 40.1 Å². The number of carbonyl (C=O) groups excluding carboxylic acids is 4. The molecule has 1 fully saturated rings. The van der Waals surface area contributed by atoms with Gasteiger partial charge in [-0.2, -0.15) is 0 Å². The van der Waals surface area contributed by atoms with Crippen molar-refractivity contribution >= 4 is 35.1 Å². The van der Waals surface area contributed by atoms with E-state index in [1.54, 1.807) is 60.7 Å². The summed E-state index contributed by atoms with van der Waals surface area (Å²) in [5.41, 5.74) is 10.6. The zero-order chi connectivity index (χ0) is 35.6. The number of nitrogens with two attached hydrogens (primary N) is 1. The third-order valence-corrected chi connectivity index (χ3v) is 9.31. The Morgan fingerprint density at radius 3 is 2.31 bits per heavy atom. The maximum atomic E-state index is 13.0. The molecule has 0 spiro atoms. The van der Waals surface area contributed by atoms with Crippen LogP contribution in [0.25, 0.3) is 0 Å². The van der Waals surface area contributed by atoms with E-state index in [-0.39, 0.29) is 48.4 Å². The van der Waals surface area contributed by atoms with Crippen LogP contribution in [-0.2, 0) is 32.1 Å². The van der Waals surface area contributed by atoms with Gasteiger partial charge in [-0.25, -0.2) is 0 Å². The Labute approximate surface area is 292 Å². The number of ether oxygens (including phenoxy) is 6. The first-order valence-corrected chi connectivity index (χ1v) is 16.3. The number of carbonyl (C=O) groups is 4. The molecular formula is C38H35N3O10. The molecule has 1 aliphatic carbocycles. The average Bonchev–Trinajstić information content (AvgIpc) is 3.75. The lowest BCUT2D eigenvalue weighted by molar-refractivity contribution is -0.142. The van der Waals surface area contributed by atoms with Crippen molar-refractivity contribution in [3.05, 3.63) is 101 Å². The van der Waals surface area contributed by atoms with Crippen LogP contribution in [0.5, 0.6) is 28.7 Å². The van der Waals surface area contributed by atoms with Gasteiger partial charge < -0.3 is 44.8 Å². The van der Waals surface area contributed by atoms with Gasteiger partial charge in [-0.05, 0) is 77.2 Å². The topological polar surface area (TPSA) is 174 Å². The van der Waals surface area contributed by atoms with Crippen LogP contribution in [-0.4, -0.2) is 51.4 Å². The zero-order valence-electron chi connectivity index (χ0n) is 27.9. The van der Waals surface area contributed by atoms with Crippen LogP contribution in [0.15, 0.2) is 72.8 Å². The minimum Gasteiger partial charge on any atom is -0.493 e. The number of nitrogens with one attached hydrogen (secondary N) is 2. The van der Waals surface area contributed by atoms with Crippen molar-refractivity contribution in [2.24, 2.45) is 11.8 Å². The van der Waals surface area contributed by atoms with Crippen molar-refractivity contribution in [2.75, 3.05) is 38.7 Å². The van der Waals surface area contributed by atoms with E-state index in [4.69, 9.17) is 34.2 Å². The van der Waals surface area contributed by atoms with E-state index in [0.29, 0.717) is 52.6 Å². The van der Waals surface area contributed by atoms with E-state index in [1.165, 1.54) is 14.2 Å². The lowest BCUT2D eigenvalue weighted by Gasteiger charge is -2.34. The third-order valence-electron chi connectivity index (χ3n) is 9.31. The maximum Gasteiger partial charge on any atom is 0.320 e. The summed E-state index contributed by atoms with van der Waals surface area (Å²) in [5, 5.41) is 5.46. The summed E-state index contributed by atoms with van der Waals surface area (Å²) >= 11 is 0. The molecule has 3 aliphatic rings. The van der Waals surface area contributed by atoms with E-state index in [0.717, 1.165) is 11.1 Å². The summed E-state index contributed by atoms with van der Waals surface area (Å²) in [6.07, 6.45) is 0.0733. The predicted octanol–water partition coefficient (Wildman–Crippen LogP) is 4.36. The molecule has 0 radical (unpaired) electrons. The smallest absolute Gasteiger partial charge is 0.320 e. The van der Waals surface area contributed by atoms with Gasteiger partial charge in [-0.15, -0.1) is 0 Å². The highest BCUT2D eigenvalue weighted by Crippen LogP contribution is 2.52. The minimum absolute atomic E-state index is 0.0000533. The van der Waals surface area contributed by atoms with Gasteiger partial charge in [0, 0.05) is 23.9 Å². The molecule has 4 N–H and O–H groups in total. The number of cyclic esters (lactones) is 1. The molecular weight excluding hydrogens is 658 g/mol. The highest BCUT2D eigenvalue weighted by Gasteiger charge is 2.48. The van der Waals surface area contributed by atoms with Crippen molar-refractivity contribution in [3.63, 3.8) is 0 Å². The monoisotopic (exact) mass is 693 g/mol. The molecule has 2 aliphatic heterocycles. The molecule has 2 heterocycles. The molecule has 7 rings (SSSR count). The molecule has 0 unspecified atom stereocenters. The number of amides is 2. The normalized spacial score (nSPS) is 18.2. The summed E-state index contributed by atoms with van der Waals surface area (Å²) in [4.78, 5) is 51.4. The van der Waals surface area contributed by atoms with Crippen molar-refractivity contribution in [2.45, 2.75) is 25.3 Å². The van der Waals surface area contributed by atoms with Crippen molar-refractivity contribution in [1.29, 1.82) is 0 Å². The Balaban J connectivity index is 1.02. The van der Waals surface area contributed by atoms with Gasteiger partial charge >= 0.3 is 11.9 Å². The lowest BCUT2D eigenvalue weighted by atomic mass is 9.67. The second-order valence-electron chi connectivity index (χ2n) is 12.4. The summed E-state index contributed by atoms with van der Waals surface area (Å²) in [5.74, 6) is -1.31. The Morgan fingerprint density at radius 1 is 0.902 bits per heavy atom. The quantitative estimate of drug-likeness (QED) is 0.0933. The first kappa shape index (κ1) is 33.3. The predicted molar refractivity (Wildman–Crippen MR) is 183 cm³/mol. The summed E-state index contributed by atoms with van der Waals surface area (Å²) < 4.78 is 33.7. The van der Waals surface area contributed by atoms with Gasteiger partial charge in [0.2, 0.25) is 18.4 Å². The van der Waals surface area contributed by atoms with Crippen LogP contribution in [0.4, 0.5) is 11.4 Å². The molecule has 262 valence electrons. The Kier molecular flexibility index (Phi) is 9.09. The van der Waals surface area contributed by atoms with Crippen LogP contribution in [0.3, 0.4) is 0 Å². The van der Waals surface area contributed by atoms with Gasteiger partial charge in [0.15, 0.2) is 23.0 Å². The van der Waals surface area contributed by atoms with Crippen LogP contribution >= 0.6 is 0 Å². The van der Waals surface area contributed by atoms with E-state index in [2.05, 4.69) is 10.6 Å². The number of fused-ring (bicyclic) bond motifs is 3. The van der Waals surface area contributed by atoms with E-state index in [1.807, 2.05) is 12.1 Å². The van der Waals surface area contributed by atoms with Gasteiger partial charge in [0.25, 0.3) is 5.91 Å². The molecule has 51 heavy (non-hydrogen) atoms. The molecule has 4 aromatic carbocycles. The molecule has 1 saturated heterocycles. The molecule has 13 nitrogen and oxygen atoms in total. The standard InChI is InChI=1S/C38H35N3O10/c1-46-30-13-23(34-25-15-29-28(49-19-50-29)12-22(25)11-24-18-48-38(45)35(24)34)14-31(47-2)36(30)51-33(43)16-32(42)40-17-20-7-9-21(10-8-20)37(44)41-27-6-4-3-5-26(27)39/h3-10,12-15,24,34-35H,11,16-19,39H2,1-2H3,(H,40,42)(H,41,44)/t24-,34+,35-/m0/s1. The van der Waals surface area contributed by atoms with Gasteiger partial charge in [-0.1, -0.05) is 24.3 Å². The van der Waals surface area contributed by atoms with E-state index in [9.17, 15) is 19.2 Å². The molecule has 3 atom stereocenters. The maximum absolute atomic E-state index is 13.0. The highest BCUT2D eigenvalue weighted by molar-refractivity contribution is 6.05. The number of nitrogen functional groups attached to an aromatic ring is 1. The zero-order valence-corrected chi connectivity index (χ0v) is 27.9. The first-order chi connectivity index (χ1) is 24.7. The Hall–Kier alpha value is -6.24. The SMILES string of the molecule is COc1cc([C@@H]2c3cc4c(cc3C[C@H]3COC(=O)[C@@H]32)OCO4)cc(OC)c1OC(=O)CC(=O)NCc1ccc(C(=O)Nc2ccccc2N)cc1. The second-order valence-corrected chi connectivity index (χ2v) is 12.4. The van der Waals surface area contributed by atoms with Crippen LogP contribution in [0, 0.1) is 11.8 Å². The van der Waals surface area contributed by atoms with Crippen LogP contribution in [0.2, 0.25) is 0 Å². The number of anilines is 2. The summed E-state index contributed by atoms with van der Waals surface area (Å²) in [6.45, 7) is 0.554. The first-order valence-electron chi connectivity index (χ1n) is 16.3. The fraction of sp³-hybridized carbons (Fsp3) is 0.263. The fourth-order valence-corrected chi connectivity index (χ4v) is 6.81. The van der Waals surface area contributed by atoms with Crippen molar-refractivity contribution in [3.8, 4) is 28.7 Å². The number of para-hydroxylation sites is 2. The van der Waals surface area contributed by atoms with Gasteiger partial charge in [0.1, 0.15) is 6.42 Å². The second kappa shape index (κ2) is 13.9. The highest BCUT2D eigenvalue weighted by atomic mass is 16.7. The van der Waals surface area contributed by atoms with Crippen molar-refractivity contribution in [1.82, 2.24) is 5.32 Å². The van der Waals surface area contributed by atoms with Crippen molar-refractivity contribution < 1.29 is 47.6 Å². The summed E-state index contributed by atoms with van der Waals surface area (Å²) in [6, 6.07) is 20.9. The average molecular weight is 694 g/mol. The molecule has 0 saturated carbocycles. The molecule has 2 amide bonds. The number of hydrogen-bond acceptors (Lipinski definition) is 11. The number of benzene rings is 4. The number of hydrogen-bond donors (Lipinski definition) is 3. The van der Waals surface area contributed by atoms with Gasteiger partial charge in [-0.3, -0.25) is 19.2 Å². The minimum atomic E-state index is -0.834. The number of methoxy groups -OCH3 is 2. The van der Waals surface area contributed by atoms with Gasteiger partial charge in [0.05, 0.1) is 38.1 Å². The Morgan fingerprint density at radius 2 is 1.61 bits per heavy atom. The number of esters is 2. The van der Waals surface area contributed by atoms with Crippen LogP contribution in [0.1, 0.15) is 45.0 Å². The van der Waals surface area contributed by atoms with E-state index >= 15 is 0 Å². The largest absolute Gasteiger partial charge is 0.493 e. The molecule has 4 aromatic rings. The number of rotatable bonds is 10. The molecule has 13 heteroatoms. The van der Waals surface area contributed by atoms with E-state index < -0.39 is 30.1 Å².